The maximum absolute atomic E-state index is 5.72. The number of ether oxygens (including phenoxy) is 2. The van der Waals surface area contributed by atoms with E-state index in [-0.39, 0.29) is 0 Å². The third-order valence-corrected chi connectivity index (χ3v) is 5.49. The number of rotatable bonds is 5. The monoisotopic (exact) mass is 375 g/mol. The van der Waals surface area contributed by atoms with Gasteiger partial charge < -0.3 is 9.47 Å². The van der Waals surface area contributed by atoms with Crippen molar-refractivity contribution in [3.8, 4) is 17.2 Å². The SMILES string of the molecule is CN(Cc1ccc2c(c1)OCCO2)Cc1nn(-c2ccccc2)c2c1CCC2. The molecule has 1 aromatic heterocycles. The first-order valence-electron chi connectivity index (χ1n) is 10.00. The van der Waals surface area contributed by atoms with E-state index in [2.05, 4.69) is 59.1 Å². The third-order valence-electron chi connectivity index (χ3n) is 5.49. The van der Waals surface area contributed by atoms with E-state index < -0.39 is 0 Å². The van der Waals surface area contributed by atoms with Crippen molar-refractivity contribution in [1.29, 1.82) is 0 Å². The summed E-state index contributed by atoms with van der Waals surface area (Å²) in [6, 6.07) is 16.7. The van der Waals surface area contributed by atoms with Gasteiger partial charge in [-0.3, -0.25) is 4.90 Å². The van der Waals surface area contributed by atoms with E-state index in [0.29, 0.717) is 13.2 Å². The fourth-order valence-electron chi connectivity index (χ4n) is 4.23. The lowest BCUT2D eigenvalue weighted by atomic mass is 10.1. The molecule has 0 spiro atoms. The summed E-state index contributed by atoms with van der Waals surface area (Å²) >= 11 is 0. The van der Waals surface area contributed by atoms with Crippen LogP contribution >= 0.6 is 0 Å². The molecule has 0 unspecified atom stereocenters. The van der Waals surface area contributed by atoms with Gasteiger partial charge in [-0.2, -0.15) is 5.10 Å². The zero-order valence-corrected chi connectivity index (χ0v) is 16.2. The molecule has 0 atom stereocenters. The van der Waals surface area contributed by atoms with Gasteiger partial charge in [-0.1, -0.05) is 24.3 Å². The van der Waals surface area contributed by atoms with Gasteiger partial charge in [-0.25, -0.2) is 4.68 Å². The predicted molar refractivity (Wildman–Crippen MR) is 108 cm³/mol. The lowest BCUT2D eigenvalue weighted by molar-refractivity contribution is 0.171. The zero-order valence-electron chi connectivity index (χ0n) is 16.2. The van der Waals surface area contributed by atoms with Crippen molar-refractivity contribution >= 4 is 0 Å². The van der Waals surface area contributed by atoms with Crippen LogP contribution in [0.1, 0.15) is 28.9 Å². The van der Waals surface area contributed by atoms with Gasteiger partial charge >= 0.3 is 0 Å². The van der Waals surface area contributed by atoms with Gasteiger partial charge in [0.05, 0.1) is 11.4 Å². The minimum Gasteiger partial charge on any atom is -0.486 e. The normalized spacial score (nSPS) is 15.1. The maximum atomic E-state index is 5.72. The number of hydrogen-bond donors (Lipinski definition) is 0. The highest BCUT2D eigenvalue weighted by atomic mass is 16.6. The predicted octanol–water partition coefficient (Wildman–Crippen LogP) is 3.76. The van der Waals surface area contributed by atoms with E-state index in [1.54, 1.807) is 0 Å². The molecule has 0 saturated heterocycles. The summed E-state index contributed by atoms with van der Waals surface area (Å²) in [6.45, 7) is 2.94. The van der Waals surface area contributed by atoms with Crippen LogP contribution in [0.15, 0.2) is 48.5 Å². The molecule has 28 heavy (non-hydrogen) atoms. The van der Waals surface area contributed by atoms with E-state index in [0.717, 1.165) is 43.1 Å². The van der Waals surface area contributed by atoms with Crippen LogP contribution in [0, 0.1) is 0 Å². The smallest absolute Gasteiger partial charge is 0.161 e. The first-order valence-corrected chi connectivity index (χ1v) is 10.00. The van der Waals surface area contributed by atoms with Crippen molar-refractivity contribution in [2.75, 3.05) is 20.3 Å². The van der Waals surface area contributed by atoms with Crippen molar-refractivity contribution in [1.82, 2.24) is 14.7 Å². The van der Waals surface area contributed by atoms with Crippen molar-refractivity contribution in [2.24, 2.45) is 0 Å². The molecule has 3 aromatic rings. The average molecular weight is 375 g/mol. The molecule has 1 aliphatic carbocycles. The molecule has 1 aliphatic heterocycles. The molecular formula is C23H25N3O2. The standard InChI is InChI=1S/C23H25N3O2/c1-25(15-17-10-11-22-23(14-17)28-13-12-27-22)16-20-19-8-5-9-21(19)26(24-20)18-6-3-2-4-7-18/h2-4,6-7,10-11,14H,5,8-9,12-13,15-16H2,1H3. The summed E-state index contributed by atoms with van der Waals surface area (Å²) < 4.78 is 13.5. The molecule has 5 nitrogen and oxygen atoms in total. The van der Waals surface area contributed by atoms with Gasteiger partial charge in [0, 0.05) is 18.8 Å². The second kappa shape index (κ2) is 7.32. The summed E-state index contributed by atoms with van der Waals surface area (Å²) in [6.07, 6.45) is 3.47. The summed E-state index contributed by atoms with van der Waals surface area (Å²) in [7, 11) is 2.15. The van der Waals surface area contributed by atoms with Gasteiger partial charge in [0.1, 0.15) is 13.2 Å². The topological polar surface area (TPSA) is 39.5 Å². The Morgan fingerprint density at radius 2 is 1.79 bits per heavy atom. The minimum absolute atomic E-state index is 0.620. The zero-order chi connectivity index (χ0) is 18.9. The van der Waals surface area contributed by atoms with Gasteiger partial charge in [-0.15, -0.1) is 0 Å². The quantitative estimate of drug-likeness (QED) is 0.681. The number of benzene rings is 2. The average Bonchev–Trinajstić information content (AvgIpc) is 3.32. The maximum Gasteiger partial charge on any atom is 0.161 e. The molecule has 0 saturated carbocycles. The molecule has 2 heterocycles. The Kier molecular flexibility index (Phi) is 4.53. The number of fused-ring (bicyclic) bond motifs is 2. The van der Waals surface area contributed by atoms with Gasteiger partial charge in [-0.05, 0) is 61.7 Å². The molecule has 0 amide bonds. The van der Waals surface area contributed by atoms with Crippen LogP contribution in [0.5, 0.6) is 11.5 Å². The van der Waals surface area contributed by atoms with Crippen LogP contribution in [0.4, 0.5) is 0 Å². The molecule has 2 aromatic carbocycles. The van der Waals surface area contributed by atoms with Crippen LogP contribution in [0.2, 0.25) is 0 Å². The van der Waals surface area contributed by atoms with Crippen LogP contribution in [-0.2, 0) is 25.9 Å². The first kappa shape index (κ1) is 17.3. The van der Waals surface area contributed by atoms with Crippen LogP contribution in [-0.4, -0.2) is 34.9 Å². The second-order valence-electron chi connectivity index (χ2n) is 7.62. The highest BCUT2D eigenvalue weighted by Crippen LogP contribution is 2.32. The van der Waals surface area contributed by atoms with Crippen LogP contribution < -0.4 is 9.47 Å². The Balaban J connectivity index is 1.35. The van der Waals surface area contributed by atoms with Crippen LogP contribution in [0.25, 0.3) is 5.69 Å². The van der Waals surface area contributed by atoms with Crippen molar-refractivity contribution in [3.63, 3.8) is 0 Å². The molecule has 5 heteroatoms. The molecule has 0 bridgehead atoms. The Bertz CT molecular complexity index is 981. The Labute approximate surface area is 165 Å². The molecule has 0 fully saturated rings. The number of para-hydroxylation sites is 1. The third kappa shape index (κ3) is 3.27. The Morgan fingerprint density at radius 1 is 0.964 bits per heavy atom. The number of aromatic nitrogens is 2. The van der Waals surface area contributed by atoms with Gasteiger partial charge in [0.2, 0.25) is 0 Å². The minimum atomic E-state index is 0.620. The summed E-state index contributed by atoms with van der Waals surface area (Å²) in [5.74, 6) is 1.70. The Morgan fingerprint density at radius 3 is 2.64 bits per heavy atom. The molecular weight excluding hydrogens is 350 g/mol. The highest BCUT2D eigenvalue weighted by Gasteiger charge is 2.23. The molecule has 0 radical (unpaired) electrons. The summed E-state index contributed by atoms with van der Waals surface area (Å²) in [5, 5.41) is 4.98. The number of nitrogens with zero attached hydrogens (tertiary/aromatic N) is 3. The molecule has 2 aliphatic rings. The van der Waals surface area contributed by atoms with Gasteiger partial charge in [0.15, 0.2) is 11.5 Å². The van der Waals surface area contributed by atoms with Crippen molar-refractivity contribution < 1.29 is 9.47 Å². The van der Waals surface area contributed by atoms with E-state index in [1.807, 2.05) is 6.07 Å². The molecule has 144 valence electrons. The van der Waals surface area contributed by atoms with E-state index in [4.69, 9.17) is 14.6 Å². The van der Waals surface area contributed by atoms with Crippen molar-refractivity contribution in [2.45, 2.75) is 32.4 Å². The fourth-order valence-corrected chi connectivity index (χ4v) is 4.23. The summed E-state index contributed by atoms with van der Waals surface area (Å²) in [5.41, 5.74) is 6.41. The van der Waals surface area contributed by atoms with E-state index in [1.165, 1.54) is 28.9 Å². The van der Waals surface area contributed by atoms with Gasteiger partial charge in [0.25, 0.3) is 0 Å². The second-order valence-corrected chi connectivity index (χ2v) is 7.62. The fraction of sp³-hybridized carbons (Fsp3) is 0.348. The first-order chi connectivity index (χ1) is 13.8. The molecule has 5 rings (SSSR count). The largest absolute Gasteiger partial charge is 0.486 e. The van der Waals surface area contributed by atoms with Crippen molar-refractivity contribution in [3.05, 3.63) is 71.0 Å². The lowest BCUT2D eigenvalue weighted by Crippen LogP contribution is -2.19. The number of hydrogen-bond acceptors (Lipinski definition) is 4. The lowest BCUT2D eigenvalue weighted by Gasteiger charge is -2.21. The highest BCUT2D eigenvalue weighted by molar-refractivity contribution is 5.44. The van der Waals surface area contributed by atoms with E-state index >= 15 is 0 Å². The summed E-state index contributed by atoms with van der Waals surface area (Å²) in [4.78, 5) is 2.32. The molecule has 0 N–H and O–H groups in total. The van der Waals surface area contributed by atoms with Crippen LogP contribution in [0.3, 0.4) is 0 Å². The van der Waals surface area contributed by atoms with E-state index in [9.17, 15) is 0 Å². The Hall–Kier alpha value is -2.79.